The summed E-state index contributed by atoms with van der Waals surface area (Å²) in [5.74, 6) is 0.920. The van der Waals surface area contributed by atoms with Gasteiger partial charge in [0.15, 0.2) is 0 Å². The summed E-state index contributed by atoms with van der Waals surface area (Å²) in [5.41, 5.74) is 5.55. The van der Waals surface area contributed by atoms with E-state index in [1.807, 2.05) is 13.8 Å². The number of hydrogen-bond donors (Lipinski definition) is 1. The van der Waals surface area contributed by atoms with Crippen LogP contribution < -0.4 is 5.73 Å². The van der Waals surface area contributed by atoms with E-state index in [1.54, 1.807) is 6.92 Å². The molecule has 1 heterocycles. The van der Waals surface area contributed by atoms with Crippen LogP contribution in [0.25, 0.3) is 0 Å². The monoisotopic (exact) mass is 185 g/mol. The van der Waals surface area contributed by atoms with Crippen LogP contribution in [0.15, 0.2) is 4.42 Å². The Balaban J connectivity index is 2.49. The third kappa shape index (κ3) is 3.12. The lowest BCUT2D eigenvalue weighted by Crippen LogP contribution is -2.04. The number of ether oxygens (including phenoxy) is 1. The summed E-state index contributed by atoms with van der Waals surface area (Å²) in [6.07, 6.45) is 0.158. The van der Waals surface area contributed by atoms with Crippen LogP contribution in [0.3, 0.4) is 0 Å². The highest BCUT2D eigenvalue weighted by atomic mass is 16.5. The average Bonchev–Trinajstić information content (AvgIpc) is 2.48. The molecule has 0 bridgehead atoms. The molecule has 1 rings (SSSR count). The predicted molar refractivity (Wildman–Crippen MR) is 46.8 cm³/mol. The van der Waals surface area contributed by atoms with Crippen LogP contribution in [-0.4, -0.2) is 16.3 Å². The summed E-state index contributed by atoms with van der Waals surface area (Å²) >= 11 is 0. The first kappa shape index (κ1) is 10.1. The summed E-state index contributed by atoms with van der Waals surface area (Å²) < 4.78 is 10.5. The van der Waals surface area contributed by atoms with Gasteiger partial charge in [0.2, 0.25) is 11.8 Å². The molecule has 74 valence electrons. The highest BCUT2D eigenvalue weighted by Gasteiger charge is 2.09. The van der Waals surface area contributed by atoms with E-state index in [-0.39, 0.29) is 12.1 Å². The number of hydrogen-bond acceptors (Lipinski definition) is 5. The molecule has 0 aliphatic rings. The predicted octanol–water partition coefficient (Wildman–Crippen LogP) is 1.01. The molecular weight excluding hydrogens is 170 g/mol. The van der Waals surface area contributed by atoms with E-state index in [4.69, 9.17) is 14.9 Å². The van der Waals surface area contributed by atoms with E-state index in [0.29, 0.717) is 18.4 Å². The lowest BCUT2D eigenvalue weighted by molar-refractivity contribution is 0.0509. The fourth-order valence-corrected chi connectivity index (χ4v) is 0.747. The van der Waals surface area contributed by atoms with Crippen LogP contribution in [0.1, 0.15) is 38.6 Å². The number of rotatable bonds is 4. The normalized spacial score (nSPS) is 13.6. The van der Waals surface area contributed by atoms with Crippen molar-refractivity contribution in [2.75, 3.05) is 0 Å². The highest BCUT2D eigenvalue weighted by molar-refractivity contribution is 4.85. The molecular formula is C8H15N3O2. The molecule has 2 N–H and O–H groups in total. The van der Waals surface area contributed by atoms with Gasteiger partial charge in [0, 0.05) is 0 Å². The first-order valence-electron chi connectivity index (χ1n) is 4.29. The summed E-state index contributed by atoms with van der Waals surface area (Å²) in [4.78, 5) is 0. The maximum Gasteiger partial charge on any atom is 0.242 e. The Morgan fingerprint density at radius 2 is 2.08 bits per heavy atom. The second kappa shape index (κ2) is 4.34. The second-order valence-electron chi connectivity index (χ2n) is 3.18. The Morgan fingerprint density at radius 1 is 1.38 bits per heavy atom. The van der Waals surface area contributed by atoms with E-state index in [2.05, 4.69) is 10.2 Å². The number of nitrogens with zero attached hydrogens (tertiary/aromatic N) is 2. The van der Waals surface area contributed by atoms with Gasteiger partial charge in [0.1, 0.15) is 6.61 Å². The van der Waals surface area contributed by atoms with Crippen molar-refractivity contribution < 1.29 is 9.15 Å². The van der Waals surface area contributed by atoms with Gasteiger partial charge in [-0.2, -0.15) is 0 Å². The molecule has 0 amide bonds. The highest BCUT2D eigenvalue weighted by Crippen LogP contribution is 2.08. The van der Waals surface area contributed by atoms with Crippen molar-refractivity contribution in [2.24, 2.45) is 5.73 Å². The zero-order valence-corrected chi connectivity index (χ0v) is 8.15. The summed E-state index contributed by atoms with van der Waals surface area (Å²) in [6, 6.07) is -0.222. The molecule has 0 aromatic carbocycles. The molecule has 0 fully saturated rings. The SMILES string of the molecule is CC(C)OCc1nnc(C(C)N)o1. The Labute approximate surface area is 77.3 Å². The second-order valence-corrected chi connectivity index (χ2v) is 3.18. The van der Waals surface area contributed by atoms with Gasteiger partial charge in [-0.3, -0.25) is 0 Å². The Kier molecular flexibility index (Phi) is 3.39. The number of nitrogens with two attached hydrogens (primary N) is 1. The quantitative estimate of drug-likeness (QED) is 0.757. The zero-order valence-electron chi connectivity index (χ0n) is 8.15. The van der Waals surface area contributed by atoms with E-state index >= 15 is 0 Å². The van der Waals surface area contributed by atoms with Crippen molar-refractivity contribution >= 4 is 0 Å². The molecule has 1 aromatic rings. The van der Waals surface area contributed by atoms with Gasteiger partial charge >= 0.3 is 0 Å². The van der Waals surface area contributed by atoms with Crippen LogP contribution in [0.5, 0.6) is 0 Å². The Hall–Kier alpha value is -0.940. The molecule has 13 heavy (non-hydrogen) atoms. The first-order valence-corrected chi connectivity index (χ1v) is 4.29. The van der Waals surface area contributed by atoms with Crippen molar-refractivity contribution in [1.82, 2.24) is 10.2 Å². The van der Waals surface area contributed by atoms with Crippen LogP contribution in [0, 0.1) is 0 Å². The largest absolute Gasteiger partial charge is 0.421 e. The maximum absolute atomic E-state index is 5.55. The smallest absolute Gasteiger partial charge is 0.242 e. The van der Waals surface area contributed by atoms with Gasteiger partial charge in [-0.15, -0.1) is 10.2 Å². The topological polar surface area (TPSA) is 74.2 Å². The molecule has 0 spiro atoms. The van der Waals surface area contributed by atoms with Gasteiger partial charge in [0.05, 0.1) is 12.1 Å². The maximum atomic E-state index is 5.55. The minimum Gasteiger partial charge on any atom is -0.421 e. The van der Waals surface area contributed by atoms with Crippen molar-refractivity contribution in [3.8, 4) is 0 Å². The van der Waals surface area contributed by atoms with Crippen molar-refractivity contribution in [2.45, 2.75) is 39.5 Å². The first-order chi connectivity index (χ1) is 6.09. The molecule has 5 heteroatoms. The van der Waals surface area contributed by atoms with Gasteiger partial charge in [0.25, 0.3) is 0 Å². The van der Waals surface area contributed by atoms with Crippen LogP contribution in [0.2, 0.25) is 0 Å². The van der Waals surface area contributed by atoms with Crippen molar-refractivity contribution in [3.05, 3.63) is 11.8 Å². The van der Waals surface area contributed by atoms with E-state index in [1.165, 1.54) is 0 Å². The molecule has 0 aliphatic heterocycles. The standard InChI is InChI=1S/C8H15N3O2/c1-5(2)12-4-7-10-11-8(13-7)6(3)9/h5-6H,4,9H2,1-3H3. The van der Waals surface area contributed by atoms with Crippen LogP contribution in [-0.2, 0) is 11.3 Å². The van der Waals surface area contributed by atoms with E-state index in [0.717, 1.165) is 0 Å². The van der Waals surface area contributed by atoms with Crippen molar-refractivity contribution in [1.29, 1.82) is 0 Å². The van der Waals surface area contributed by atoms with Gasteiger partial charge in [-0.05, 0) is 20.8 Å². The molecule has 1 unspecified atom stereocenters. The average molecular weight is 185 g/mol. The lowest BCUT2D eigenvalue weighted by Gasteiger charge is -2.02. The number of aromatic nitrogens is 2. The molecule has 0 aliphatic carbocycles. The molecule has 1 atom stereocenters. The molecule has 5 nitrogen and oxygen atoms in total. The third-order valence-corrected chi connectivity index (χ3v) is 1.41. The third-order valence-electron chi connectivity index (χ3n) is 1.41. The van der Waals surface area contributed by atoms with Crippen LogP contribution >= 0.6 is 0 Å². The summed E-state index contributed by atoms with van der Waals surface area (Å²) in [7, 11) is 0. The van der Waals surface area contributed by atoms with E-state index < -0.39 is 0 Å². The minimum atomic E-state index is -0.222. The Morgan fingerprint density at radius 3 is 2.54 bits per heavy atom. The van der Waals surface area contributed by atoms with Gasteiger partial charge in [-0.1, -0.05) is 0 Å². The molecule has 0 saturated carbocycles. The fourth-order valence-electron chi connectivity index (χ4n) is 0.747. The van der Waals surface area contributed by atoms with Crippen LogP contribution in [0.4, 0.5) is 0 Å². The summed E-state index contributed by atoms with van der Waals surface area (Å²) in [5, 5.41) is 7.56. The van der Waals surface area contributed by atoms with Crippen molar-refractivity contribution in [3.63, 3.8) is 0 Å². The molecule has 1 aromatic heterocycles. The lowest BCUT2D eigenvalue weighted by atomic mass is 10.4. The fraction of sp³-hybridized carbons (Fsp3) is 0.750. The van der Waals surface area contributed by atoms with E-state index in [9.17, 15) is 0 Å². The van der Waals surface area contributed by atoms with Gasteiger partial charge in [-0.25, -0.2) is 0 Å². The van der Waals surface area contributed by atoms with Gasteiger partial charge < -0.3 is 14.9 Å². The summed E-state index contributed by atoms with van der Waals surface area (Å²) in [6.45, 7) is 6.03. The minimum absolute atomic E-state index is 0.158. The molecule has 0 radical (unpaired) electrons. The zero-order chi connectivity index (χ0) is 9.84. The molecule has 0 saturated heterocycles. The Bertz CT molecular complexity index is 258.